The number of morpholine rings is 2. The summed E-state index contributed by atoms with van der Waals surface area (Å²) in [5.74, 6) is -0.0355. The lowest BCUT2D eigenvalue weighted by molar-refractivity contribution is -0.0819. The Morgan fingerprint density at radius 3 is 2.75 bits per heavy atom. The molecule has 0 aliphatic carbocycles. The number of benzene rings is 1. The Balaban J connectivity index is 1.62. The van der Waals surface area contributed by atoms with Crippen LogP contribution >= 0.6 is 11.6 Å². The highest BCUT2D eigenvalue weighted by Crippen LogP contribution is 2.31. The first kappa shape index (κ1) is 19.3. The first-order chi connectivity index (χ1) is 13.7. The van der Waals surface area contributed by atoms with Gasteiger partial charge in [-0.1, -0.05) is 23.7 Å². The van der Waals surface area contributed by atoms with E-state index in [1.807, 2.05) is 23.2 Å². The van der Waals surface area contributed by atoms with Gasteiger partial charge in [-0.3, -0.25) is 14.7 Å². The predicted octanol–water partition coefficient (Wildman–Crippen LogP) is 2.65. The molecule has 0 saturated carbocycles. The molecule has 0 radical (unpaired) electrons. The van der Waals surface area contributed by atoms with E-state index < -0.39 is 0 Å². The van der Waals surface area contributed by atoms with Crippen LogP contribution in [0, 0.1) is 0 Å². The van der Waals surface area contributed by atoms with Gasteiger partial charge in [-0.25, -0.2) is 0 Å². The molecule has 0 unspecified atom stereocenters. The van der Waals surface area contributed by atoms with Crippen LogP contribution in [0.25, 0.3) is 0 Å². The Morgan fingerprint density at radius 2 is 2.00 bits per heavy atom. The van der Waals surface area contributed by atoms with Crippen molar-refractivity contribution in [3.8, 4) is 0 Å². The van der Waals surface area contributed by atoms with Crippen LogP contribution in [0.15, 0.2) is 48.8 Å². The molecule has 0 spiro atoms. The van der Waals surface area contributed by atoms with E-state index in [1.54, 1.807) is 30.5 Å². The average Bonchev–Trinajstić information content (AvgIpc) is 2.74. The maximum Gasteiger partial charge on any atom is 0.254 e. The van der Waals surface area contributed by atoms with Gasteiger partial charge in [0.25, 0.3) is 5.91 Å². The second-order valence-electron chi connectivity index (χ2n) is 7.06. The number of aromatic nitrogens is 1. The van der Waals surface area contributed by atoms with E-state index in [2.05, 4.69) is 9.88 Å². The predicted molar refractivity (Wildman–Crippen MR) is 106 cm³/mol. The van der Waals surface area contributed by atoms with Crippen LogP contribution in [0.5, 0.6) is 0 Å². The van der Waals surface area contributed by atoms with E-state index in [1.165, 1.54) is 0 Å². The molecule has 2 saturated heterocycles. The molecule has 4 rings (SSSR count). The largest absolute Gasteiger partial charge is 0.379 e. The molecule has 1 amide bonds. The molecule has 2 atom stereocenters. The Morgan fingerprint density at radius 1 is 1.14 bits per heavy atom. The molecule has 1 aromatic carbocycles. The van der Waals surface area contributed by atoms with Crippen molar-refractivity contribution in [2.75, 3.05) is 46.0 Å². The van der Waals surface area contributed by atoms with E-state index in [9.17, 15) is 4.79 Å². The smallest absolute Gasteiger partial charge is 0.254 e. The van der Waals surface area contributed by atoms with Crippen LogP contribution < -0.4 is 0 Å². The molecule has 0 N–H and O–H groups in total. The molecule has 148 valence electrons. The highest BCUT2D eigenvalue weighted by molar-refractivity contribution is 6.30. The summed E-state index contributed by atoms with van der Waals surface area (Å²) in [5.41, 5.74) is 1.57. The zero-order valence-corrected chi connectivity index (χ0v) is 16.4. The number of carbonyl (C=O) groups is 1. The summed E-state index contributed by atoms with van der Waals surface area (Å²) in [7, 11) is 0. The fourth-order valence-corrected chi connectivity index (χ4v) is 4.08. The van der Waals surface area contributed by atoms with Gasteiger partial charge < -0.3 is 14.4 Å². The minimum atomic E-state index is -0.197. The number of nitrogens with zero attached hydrogens (tertiary/aromatic N) is 3. The van der Waals surface area contributed by atoms with Crippen LogP contribution in [0.3, 0.4) is 0 Å². The van der Waals surface area contributed by atoms with Crippen molar-refractivity contribution in [3.63, 3.8) is 0 Å². The first-order valence-corrected chi connectivity index (χ1v) is 9.98. The molecular weight excluding hydrogens is 378 g/mol. The lowest BCUT2D eigenvalue weighted by Gasteiger charge is -2.43. The number of hydrogen-bond donors (Lipinski definition) is 0. The molecule has 6 nitrogen and oxygen atoms in total. The third-order valence-electron chi connectivity index (χ3n) is 5.25. The van der Waals surface area contributed by atoms with Gasteiger partial charge in [0.15, 0.2) is 0 Å². The summed E-state index contributed by atoms with van der Waals surface area (Å²) in [4.78, 5) is 21.8. The Hall–Kier alpha value is -1.99. The molecule has 2 fully saturated rings. The number of carbonyl (C=O) groups excluding carboxylic acids is 1. The summed E-state index contributed by atoms with van der Waals surface area (Å²) < 4.78 is 11.6. The maximum atomic E-state index is 13.3. The standard InChI is InChI=1S/C21H24ClN3O3/c22-18-5-1-3-16(13-18)21(26)25-9-12-28-19(15-24-7-10-27-11-8-24)20(25)17-4-2-6-23-14-17/h1-6,13-14,19-20H,7-12,15H2/t19-,20-/m0/s1. The van der Waals surface area contributed by atoms with Crippen molar-refractivity contribution in [1.82, 2.24) is 14.8 Å². The molecule has 0 bridgehead atoms. The van der Waals surface area contributed by atoms with Crippen molar-refractivity contribution in [3.05, 3.63) is 64.9 Å². The average molecular weight is 402 g/mol. The summed E-state index contributed by atoms with van der Waals surface area (Å²) in [6.07, 6.45) is 3.44. The van der Waals surface area contributed by atoms with E-state index >= 15 is 0 Å². The second kappa shape index (κ2) is 9.01. The third kappa shape index (κ3) is 4.36. The summed E-state index contributed by atoms with van der Waals surface area (Å²) >= 11 is 6.11. The third-order valence-corrected chi connectivity index (χ3v) is 5.49. The van der Waals surface area contributed by atoms with Gasteiger partial charge in [0.1, 0.15) is 0 Å². The molecule has 1 aromatic heterocycles. The normalized spacial score (nSPS) is 23.5. The summed E-state index contributed by atoms with van der Waals surface area (Å²) in [5, 5.41) is 0.557. The van der Waals surface area contributed by atoms with Crippen LogP contribution in [-0.4, -0.2) is 72.8 Å². The van der Waals surface area contributed by atoms with Crippen molar-refractivity contribution >= 4 is 17.5 Å². The van der Waals surface area contributed by atoms with Gasteiger partial charge in [-0.15, -0.1) is 0 Å². The van der Waals surface area contributed by atoms with Gasteiger partial charge in [-0.2, -0.15) is 0 Å². The lowest BCUT2D eigenvalue weighted by Crippen LogP contribution is -2.53. The molecule has 2 aliphatic rings. The van der Waals surface area contributed by atoms with E-state index in [-0.39, 0.29) is 18.1 Å². The van der Waals surface area contributed by atoms with Crippen LogP contribution in [0.1, 0.15) is 22.0 Å². The van der Waals surface area contributed by atoms with Gasteiger partial charge >= 0.3 is 0 Å². The number of rotatable bonds is 4. The van der Waals surface area contributed by atoms with Gasteiger partial charge in [0.2, 0.25) is 0 Å². The Labute approximate surface area is 170 Å². The van der Waals surface area contributed by atoms with Crippen LogP contribution in [-0.2, 0) is 9.47 Å². The zero-order chi connectivity index (χ0) is 19.3. The van der Waals surface area contributed by atoms with Gasteiger partial charge in [-0.05, 0) is 29.8 Å². The van der Waals surface area contributed by atoms with E-state index in [0.717, 1.165) is 38.4 Å². The molecule has 7 heteroatoms. The van der Waals surface area contributed by atoms with Crippen LogP contribution in [0.4, 0.5) is 0 Å². The SMILES string of the molecule is O=C(c1cccc(Cl)c1)N1CCO[C@@H](CN2CCOCC2)[C@@H]1c1cccnc1. The van der Waals surface area contributed by atoms with Gasteiger partial charge in [0.05, 0.1) is 32.0 Å². The highest BCUT2D eigenvalue weighted by atomic mass is 35.5. The van der Waals surface area contributed by atoms with E-state index in [4.69, 9.17) is 21.1 Å². The van der Waals surface area contributed by atoms with Crippen molar-refractivity contribution in [2.45, 2.75) is 12.1 Å². The quantitative estimate of drug-likeness (QED) is 0.788. The number of pyridine rings is 1. The fraction of sp³-hybridized carbons (Fsp3) is 0.429. The molecule has 2 aliphatic heterocycles. The highest BCUT2D eigenvalue weighted by Gasteiger charge is 2.38. The fourth-order valence-electron chi connectivity index (χ4n) is 3.88. The Bertz CT molecular complexity index is 798. The lowest BCUT2D eigenvalue weighted by atomic mass is 9.97. The number of ether oxygens (including phenoxy) is 2. The molecular formula is C21H24ClN3O3. The Kier molecular flexibility index (Phi) is 6.22. The first-order valence-electron chi connectivity index (χ1n) is 9.60. The second-order valence-corrected chi connectivity index (χ2v) is 7.50. The summed E-state index contributed by atoms with van der Waals surface area (Å²) in [6.45, 7) is 5.01. The zero-order valence-electron chi connectivity index (χ0n) is 15.7. The number of halogens is 1. The minimum Gasteiger partial charge on any atom is -0.379 e. The topological polar surface area (TPSA) is 54.9 Å². The van der Waals surface area contributed by atoms with Crippen molar-refractivity contribution in [2.24, 2.45) is 0 Å². The molecule has 2 aromatic rings. The number of hydrogen-bond acceptors (Lipinski definition) is 5. The van der Waals surface area contributed by atoms with E-state index in [0.29, 0.717) is 23.7 Å². The van der Waals surface area contributed by atoms with Crippen molar-refractivity contribution < 1.29 is 14.3 Å². The van der Waals surface area contributed by atoms with Crippen molar-refractivity contribution in [1.29, 1.82) is 0 Å². The van der Waals surface area contributed by atoms with Gasteiger partial charge in [0, 0.05) is 49.2 Å². The van der Waals surface area contributed by atoms with Crippen LogP contribution in [0.2, 0.25) is 5.02 Å². The molecule has 28 heavy (non-hydrogen) atoms. The minimum absolute atomic E-state index is 0.0355. The molecule has 3 heterocycles. The monoisotopic (exact) mass is 401 g/mol. The number of amides is 1. The maximum absolute atomic E-state index is 13.3. The summed E-state index contributed by atoms with van der Waals surface area (Å²) in [6, 6.07) is 10.8.